The first-order chi connectivity index (χ1) is 19.2. The Hall–Kier alpha value is -2.13. The van der Waals surface area contributed by atoms with Crippen molar-refractivity contribution in [2.45, 2.75) is 50.8 Å². The summed E-state index contributed by atoms with van der Waals surface area (Å²) < 4.78 is 45.3. The molecule has 2 heterocycles. The van der Waals surface area contributed by atoms with Crippen LogP contribution >= 0.6 is 19.5 Å². The third-order valence-electron chi connectivity index (χ3n) is 6.67. The minimum Gasteiger partial charge on any atom is -0.395 e. The standard InChI is InChI=1S/C26H37FN3O9PS/c1-18-29-20(32)10-11-30(18)22-25(4,35)21(33)26(15-27,39-22)17-38-40(36,28-14-19-8-6-5-7-9-19)37-12-13-41-23(34)24(2,3)16-31/h5-11,21-22,31,33,35H,1,12-17H2,2-4H3,(H,28,36)(H,29,32)/t21-,22+,25+,26+,40?/m0/s1. The molecule has 1 amide bonds. The lowest BCUT2D eigenvalue weighted by Gasteiger charge is -2.37. The van der Waals surface area contributed by atoms with Crippen molar-refractivity contribution in [1.82, 2.24) is 15.3 Å². The minimum atomic E-state index is -4.21. The van der Waals surface area contributed by atoms with Gasteiger partial charge in [0.15, 0.2) is 16.9 Å². The normalized spacial score (nSPS) is 28.0. The van der Waals surface area contributed by atoms with Crippen LogP contribution in [0.1, 0.15) is 26.3 Å². The van der Waals surface area contributed by atoms with Gasteiger partial charge in [0.2, 0.25) is 0 Å². The highest BCUT2D eigenvalue weighted by atomic mass is 32.2. The fourth-order valence-electron chi connectivity index (χ4n) is 4.03. The molecular formula is C26H37FN3O9PS. The summed E-state index contributed by atoms with van der Waals surface area (Å²) in [6.45, 7) is 5.47. The van der Waals surface area contributed by atoms with Crippen molar-refractivity contribution < 1.29 is 47.6 Å². The molecule has 2 aliphatic heterocycles. The van der Waals surface area contributed by atoms with Crippen molar-refractivity contribution in [3.63, 3.8) is 0 Å². The predicted octanol–water partition coefficient (Wildman–Crippen LogP) is 1.79. The molecule has 5 N–H and O–H groups in total. The highest BCUT2D eigenvalue weighted by Gasteiger charge is 2.63. The van der Waals surface area contributed by atoms with E-state index < -0.39 is 55.9 Å². The van der Waals surface area contributed by atoms with Crippen LogP contribution in [0.4, 0.5) is 4.39 Å². The average molecular weight is 618 g/mol. The van der Waals surface area contributed by atoms with Crippen LogP contribution in [0.3, 0.4) is 0 Å². The molecule has 1 fully saturated rings. The van der Waals surface area contributed by atoms with E-state index in [1.165, 1.54) is 18.0 Å². The molecular weight excluding hydrogens is 580 g/mol. The van der Waals surface area contributed by atoms with Gasteiger partial charge in [0.25, 0.3) is 5.91 Å². The molecule has 5 atom stereocenters. The second-order valence-corrected chi connectivity index (χ2v) is 13.5. The van der Waals surface area contributed by atoms with Gasteiger partial charge in [-0.15, -0.1) is 0 Å². The van der Waals surface area contributed by atoms with Crippen LogP contribution in [0.2, 0.25) is 0 Å². The molecule has 0 radical (unpaired) electrons. The Morgan fingerprint density at radius 2 is 2.02 bits per heavy atom. The van der Waals surface area contributed by atoms with Crippen molar-refractivity contribution >= 4 is 30.5 Å². The summed E-state index contributed by atoms with van der Waals surface area (Å²) in [7, 11) is -4.21. The highest BCUT2D eigenvalue weighted by molar-refractivity contribution is 8.13. The number of aliphatic hydroxyl groups is 3. The lowest BCUT2D eigenvalue weighted by atomic mass is 9.88. The van der Waals surface area contributed by atoms with Crippen LogP contribution in [0, 0.1) is 5.41 Å². The van der Waals surface area contributed by atoms with Crippen molar-refractivity contribution in [3.05, 3.63) is 60.6 Å². The van der Waals surface area contributed by atoms with Crippen molar-refractivity contribution in [1.29, 1.82) is 0 Å². The Labute approximate surface area is 242 Å². The second kappa shape index (κ2) is 13.4. The number of nitrogens with one attached hydrogen (secondary N) is 2. The SMILES string of the molecule is C=C1NC(=O)C=CN1[C@@H]1O[C@](CF)(COP(=O)(NCc2ccccc2)OCCSC(=O)C(C)(C)CO)[C@@H](O)[C@@]1(C)O. The van der Waals surface area contributed by atoms with E-state index in [2.05, 4.69) is 17.0 Å². The van der Waals surface area contributed by atoms with E-state index in [9.17, 15) is 33.9 Å². The van der Waals surface area contributed by atoms with Crippen LogP contribution in [0.25, 0.3) is 0 Å². The maximum absolute atomic E-state index is 14.6. The molecule has 12 nitrogen and oxygen atoms in total. The smallest absolute Gasteiger partial charge is 0.395 e. The fraction of sp³-hybridized carbons (Fsp3) is 0.538. The van der Waals surface area contributed by atoms with Gasteiger partial charge < -0.3 is 30.3 Å². The number of carbonyl (C=O) groups is 2. The Balaban J connectivity index is 1.75. The largest absolute Gasteiger partial charge is 0.405 e. The van der Waals surface area contributed by atoms with Gasteiger partial charge in [0, 0.05) is 24.6 Å². The molecule has 0 spiro atoms. The Morgan fingerprint density at radius 3 is 2.63 bits per heavy atom. The van der Waals surface area contributed by atoms with Gasteiger partial charge in [-0.3, -0.25) is 18.6 Å². The molecule has 0 aromatic heterocycles. The molecule has 15 heteroatoms. The second-order valence-electron chi connectivity index (χ2n) is 10.6. The van der Waals surface area contributed by atoms with E-state index in [-0.39, 0.29) is 36.4 Å². The number of hydrogen-bond acceptors (Lipinski definition) is 11. The van der Waals surface area contributed by atoms with Gasteiger partial charge in [0.1, 0.15) is 24.2 Å². The van der Waals surface area contributed by atoms with E-state index in [4.69, 9.17) is 13.8 Å². The maximum Gasteiger partial charge on any atom is 0.405 e. The lowest BCUT2D eigenvalue weighted by molar-refractivity contribution is -0.146. The number of benzene rings is 1. The fourth-order valence-corrected chi connectivity index (χ4v) is 6.32. The van der Waals surface area contributed by atoms with Gasteiger partial charge >= 0.3 is 7.75 Å². The first kappa shape index (κ1) is 33.4. The molecule has 1 unspecified atom stereocenters. The minimum absolute atomic E-state index is 0.0282. The quantitative estimate of drug-likeness (QED) is 0.152. The molecule has 2 aliphatic rings. The molecule has 41 heavy (non-hydrogen) atoms. The van der Waals surface area contributed by atoms with Gasteiger partial charge in [-0.05, 0) is 26.3 Å². The molecule has 3 rings (SSSR count). The van der Waals surface area contributed by atoms with E-state index in [0.29, 0.717) is 0 Å². The van der Waals surface area contributed by atoms with Crippen LogP contribution < -0.4 is 10.4 Å². The maximum atomic E-state index is 14.6. The molecule has 0 bridgehead atoms. The summed E-state index contributed by atoms with van der Waals surface area (Å²) in [5.41, 5.74) is -4.48. The van der Waals surface area contributed by atoms with Crippen LogP contribution in [0.5, 0.6) is 0 Å². The van der Waals surface area contributed by atoms with E-state index in [0.717, 1.165) is 23.4 Å². The molecule has 1 aromatic carbocycles. The van der Waals surface area contributed by atoms with Crippen molar-refractivity contribution in [2.75, 3.05) is 32.2 Å². The molecule has 1 saturated heterocycles. The van der Waals surface area contributed by atoms with Crippen molar-refractivity contribution in [2.24, 2.45) is 5.41 Å². The Bertz CT molecular complexity index is 1190. The van der Waals surface area contributed by atoms with E-state index in [1.54, 1.807) is 38.1 Å². The third kappa shape index (κ3) is 7.83. The Morgan fingerprint density at radius 1 is 1.34 bits per heavy atom. The zero-order valence-electron chi connectivity index (χ0n) is 23.1. The van der Waals surface area contributed by atoms with Crippen LogP contribution in [-0.2, 0) is 34.5 Å². The zero-order chi connectivity index (χ0) is 30.5. The van der Waals surface area contributed by atoms with E-state index in [1.807, 2.05) is 6.07 Å². The summed E-state index contributed by atoms with van der Waals surface area (Å²) in [5.74, 6) is -0.352. The van der Waals surface area contributed by atoms with Gasteiger partial charge in [-0.25, -0.2) is 14.0 Å². The topological polar surface area (TPSA) is 167 Å². The summed E-state index contributed by atoms with van der Waals surface area (Å²) in [6, 6.07) is 8.92. The lowest BCUT2D eigenvalue weighted by Crippen LogP contribution is -2.55. The van der Waals surface area contributed by atoms with Gasteiger partial charge in [0.05, 0.1) is 25.2 Å². The number of thioether (sulfide) groups is 1. The van der Waals surface area contributed by atoms with Gasteiger partial charge in [-0.2, -0.15) is 0 Å². The monoisotopic (exact) mass is 617 g/mol. The van der Waals surface area contributed by atoms with Crippen LogP contribution in [0.15, 0.2) is 55.0 Å². The first-order valence-corrected chi connectivity index (χ1v) is 15.3. The summed E-state index contributed by atoms with van der Waals surface area (Å²) in [6.07, 6.45) is -0.836. The predicted molar refractivity (Wildman–Crippen MR) is 150 cm³/mol. The number of halogens is 1. The summed E-state index contributed by atoms with van der Waals surface area (Å²) in [4.78, 5) is 25.2. The van der Waals surface area contributed by atoms with Crippen molar-refractivity contribution in [3.8, 4) is 0 Å². The highest BCUT2D eigenvalue weighted by Crippen LogP contribution is 2.48. The Kier molecular flexibility index (Phi) is 10.9. The number of rotatable bonds is 14. The molecule has 228 valence electrons. The summed E-state index contributed by atoms with van der Waals surface area (Å²) >= 11 is 0.891. The van der Waals surface area contributed by atoms with Crippen LogP contribution in [-0.4, -0.2) is 87.0 Å². The average Bonchev–Trinajstić information content (AvgIpc) is 3.14. The number of amides is 1. The molecule has 0 aliphatic carbocycles. The zero-order valence-corrected chi connectivity index (χ0v) is 24.8. The number of carbonyl (C=O) groups excluding carboxylic acids is 2. The third-order valence-corrected chi connectivity index (χ3v) is 9.39. The molecule has 1 aromatic rings. The summed E-state index contributed by atoms with van der Waals surface area (Å²) in [5, 5.41) is 36.4. The van der Waals surface area contributed by atoms with E-state index >= 15 is 0 Å². The number of alkyl halides is 1. The van der Waals surface area contributed by atoms with Gasteiger partial charge in [-0.1, -0.05) is 48.7 Å². The number of nitrogens with zero attached hydrogens (tertiary/aromatic N) is 1. The first-order valence-electron chi connectivity index (χ1n) is 12.8. The number of hydrogen-bond donors (Lipinski definition) is 5. The number of ether oxygens (including phenoxy) is 1. The number of aliphatic hydroxyl groups excluding tert-OH is 2. The molecule has 0 saturated carbocycles.